The zero-order valence-corrected chi connectivity index (χ0v) is 15.3. The third-order valence-electron chi connectivity index (χ3n) is 5.34. The van der Waals surface area contributed by atoms with Gasteiger partial charge in [-0.15, -0.1) is 0 Å². The molecular formula is C17H32N4OS. The molecule has 23 heavy (non-hydrogen) atoms. The standard InChI is InChI=1S/C17H32N4OS/c1-2-18-16(20-15-5-3-4-6-15)19-13-17(7-12-23-14-17)21-8-10-22-11-9-21/h15H,2-14H2,1H3,(H2,18,19,20). The Bertz CT molecular complexity index is 386. The smallest absolute Gasteiger partial charge is 0.191 e. The summed E-state index contributed by atoms with van der Waals surface area (Å²) in [6, 6.07) is 0.616. The maximum absolute atomic E-state index is 5.55. The molecule has 132 valence electrons. The number of morpholine rings is 1. The Kier molecular flexibility index (Phi) is 6.48. The van der Waals surface area contributed by atoms with Crippen molar-refractivity contribution >= 4 is 17.7 Å². The summed E-state index contributed by atoms with van der Waals surface area (Å²) in [7, 11) is 0. The average molecular weight is 341 g/mol. The molecule has 1 saturated carbocycles. The van der Waals surface area contributed by atoms with E-state index >= 15 is 0 Å². The van der Waals surface area contributed by atoms with Gasteiger partial charge in [-0.1, -0.05) is 12.8 Å². The summed E-state index contributed by atoms with van der Waals surface area (Å²) in [5.41, 5.74) is 0.243. The van der Waals surface area contributed by atoms with Crippen molar-refractivity contribution in [3.63, 3.8) is 0 Å². The minimum absolute atomic E-state index is 0.243. The Morgan fingerprint density at radius 3 is 2.74 bits per heavy atom. The maximum Gasteiger partial charge on any atom is 0.191 e. The van der Waals surface area contributed by atoms with Crippen molar-refractivity contribution in [3.8, 4) is 0 Å². The third kappa shape index (κ3) is 4.54. The molecule has 1 aliphatic carbocycles. The first-order chi connectivity index (χ1) is 11.3. The van der Waals surface area contributed by atoms with E-state index in [2.05, 4.69) is 34.2 Å². The molecule has 0 spiro atoms. The fraction of sp³-hybridized carbons (Fsp3) is 0.941. The average Bonchev–Trinajstić information content (AvgIpc) is 3.26. The van der Waals surface area contributed by atoms with Gasteiger partial charge in [-0.3, -0.25) is 9.89 Å². The number of nitrogens with one attached hydrogen (secondary N) is 2. The topological polar surface area (TPSA) is 48.9 Å². The third-order valence-corrected chi connectivity index (χ3v) is 6.57. The summed E-state index contributed by atoms with van der Waals surface area (Å²) in [6.45, 7) is 7.84. The summed E-state index contributed by atoms with van der Waals surface area (Å²) < 4.78 is 5.55. The molecule has 0 amide bonds. The molecule has 0 aromatic carbocycles. The van der Waals surface area contributed by atoms with Gasteiger partial charge in [0.1, 0.15) is 0 Å². The van der Waals surface area contributed by atoms with Gasteiger partial charge in [0.25, 0.3) is 0 Å². The molecule has 1 atom stereocenters. The van der Waals surface area contributed by atoms with Crippen molar-refractivity contribution in [2.24, 2.45) is 4.99 Å². The molecule has 2 aliphatic heterocycles. The first-order valence-corrected chi connectivity index (χ1v) is 10.4. The molecule has 1 unspecified atom stereocenters. The van der Waals surface area contributed by atoms with Crippen LogP contribution in [0.15, 0.2) is 4.99 Å². The normalized spacial score (nSPS) is 30.7. The van der Waals surface area contributed by atoms with Gasteiger partial charge < -0.3 is 15.4 Å². The Morgan fingerprint density at radius 2 is 2.09 bits per heavy atom. The number of nitrogens with zero attached hydrogens (tertiary/aromatic N) is 2. The van der Waals surface area contributed by atoms with Crippen LogP contribution >= 0.6 is 11.8 Å². The lowest BCUT2D eigenvalue weighted by Crippen LogP contribution is -2.56. The van der Waals surface area contributed by atoms with Gasteiger partial charge in [0.15, 0.2) is 5.96 Å². The second kappa shape index (κ2) is 8.58. The van der Waals surface area contributed by atoms with E-state index in [-0.39, 0.29) is 5.54 Å². The zero-order chi connectivity index (χ0) is 16.0. The van der Waals surface area contributed by atoms with E-state index in [0.717, 1.165) is 45.4 Å². The van der Waals surface area contributed by atoms with Gasteiger partial charge in [-0.05, 0) is 31.9 Å². The second-order valence-electron chi connectivity index (χ2n) is 6.95. The van der Waals surface area contributed by atoms with Crippen LogP contribution in [0.2, 0.25) is 0 Å². The minimum Gasteiger partial charge on any atom is -0.379 e. The molecular weight excluding hydrogens is 308 g/mol. The molecule has 0 aromatic heterocycles. The number of aliphatic imine (C=N–C) groups is 1. The van der Waals surface area contributed by atoms with E-state index in [9.17, 15) is 0 Å². The van der Waals surface area contributed by atoms with Gasteiger partial charge in [0.2, 0.25) is 0 Å². The summed E-state index contributed by atoms with van der Waals surface area (Å²) in [4.78, 5) is 7.64. The van der Waals surface area contributed by atoms with E-state index in [1.54, 1.807) is 0 Å². The molecule has 3 aliphatic rings. The highest BCUT2D eigenvalue weighted by atomic mass is 32.2. The molecule has 0 radical (unpaired) electrons. The van der Waals surface area contributed by atoms with Crippen LogP contribution in [0.3, 0.4) is 0 Å². The number of hydrogen-bond acceptors (Lipinski definition) is 4. The number of ether oxygens (including phenoxy) is 1. The first kappa shape index (κ1) is 17.4. The predicted octanol–water partition coefficient (Wildman–Crippen LogP) is 1.69. The first-order valence-electron chi connectivity index (χ1n) is 9.28. The van der Waals surface area contributed by atoms with Gasteiger partial charge in [0.05, 0.1) is 25.3 Å². The Morgan fingerprint density at radius 1 is 1.30 bits per heavy atom. The second-order valence-corrected chi connectivity index (χ2v) is 8.05. The van der Waals surface area contributed by atoms with Crippen molar-refractivity contribution in [3.05, 3.63) is 0 Å². The van der Waals surface area contributed by atoms with Crippen molar-refractivity contribution in [2.45, 2.75) is 50.6 Å². The van der Waals surface area contributed by atoms with Crippen LogP contribution in [0.25, 0.3) is 0 Å². The van der Waals surface area contributed by atoms with Crippen molar-refractivity contribution < 1.29 is 4.74 Å². The van der Waals surface area contributed by atoms with E-state index < -0.39 is 0 Å². The molecule has 6 heteroatoms. The van der Waals surface area contributed by atoms with Crippen LogP contribution in [0.4, 0.5) is 0 Å². The van der Waals surface area contributed by atoms with Gasteiger partial charge in [-0.2, -0.15) is 11.8 Å². The number of rotatable bonds is 5. The number of hydrogen-bond donors (Lipinski definition) is 2. The fourth-order valence-electron chi connectivity index (χ4n) is 3.92. The Labute approximate surface area is 145 Å². The largest absolute Gasteiger partial charge is 0.379 e. The van der Waals surface area contributed by atoms with Crippen molar-refractivity contribution in [2.75, 3.05) is 50.9 Å². The highest BCUT2D eigenvalue weighted by molar-refractivity contribution is 7.99. The van der Waals surface area contributed by atoms with Gasteiger partial charge in [0, 0.05) is 31.4 Å². The highest BCUT2D eigenvalue weighted by Crippen LogP contribution is 2.34. The zero-order valence-electron chi connectivity index (χ0n) is 14.5. The van der Waals surface area contributed by atoms with E-state index in [0.29, 0.717) is 6.04 Å². The Balaban J connectivity index is 1.64. The molecule has 3 rings (SSSR count). The van der Waals surface area contributed by atoms with Crippen molar-refractivity contribution in [1.82, 2.24) is 15.5 Å². The summed E-state index contributed by atoms with van der Waals surface area (Å²) >= 11 is 2.08. The van der Waals surface area contributed by atoms with Crippen LogP contribution in [0.1, 0.15) is 39.0 Å². The number of guanidine groups is 1. The maximum atomic E-state index is 5.55. The van der Waals surface area contributed by atoms with Gasteiger partial charge >= 0.3 is 0 Å². The van der Waals surface area contributed by atoms with Crippen LogP contribution in [0.5, 0.6) is 0 Å². The highest BCUT2D eigenvalue weighted by Gasteiger charge is 2.40. The van der Waals surface area contributed by atoms with Gasteiger partial charge in [-0.25, -0.2) is 0 Å². The van der Waals surface area contributed by atoms with Crippen LogP contribution in [-0.4, -0.2) is 73.3 Å². The quantitative estimate of drug-likeness (QED) is 0.589. The number of thioether (sulfide) groups is 1. The summed E-state index contributed by atoms with van der Waals surface area (Å²) in [5.74, 6) is 3.49. The SMILES string of the molecule is CCNC(=NCC1(N2CCOCC2)CCSC1)NC1CCCC1. The molecule has 2 N–H and O–H groups in total. The Hall–Kier alpha value is -0.460. The molecule has 2 saturated heterocycles. The monoisotopic (exact) mass is 340 g/mol. The predicted molar refractivity (Wildman–Crippen MR) is 98.4 cm³/mol. The van der Waals surface area contributed by atoms with E-state index in [4.69, 9.17) is 9.73 Å². The minimum atomic E-state index is 0.243. The molecule has 2 heterocycles. The van der Waals surface area contributed by atoms with E-state index in [1.807, 2.05) is 0 Å². The summed E-state index contributed by atoms with van der Waals surface area (Å²) in [6.07, 6.45) is 6.53. The van der Waals surface area contributed by atoms with Crippen LogP contribution < -0.4 is 10.6 Å². The lowest BCUT2D eigenvalue weighted by atomic mass is 9.96. The van der Waals surface area contributed by atoms with Crippen LogP contribution in [0, 0.1) is 0 Å². The lowest BCUT2D eigenvalue weighted by Gasteiger charge is -2.42. The van der Waals surface area contributed by atoms with Crippen LogP contribution in [-0.2, 0) is 4.74 Å². The molecule has 3 fully saturated rings. The molecule has 5 nitrogen and oxygen atoms in total. The van der Waals surface area contributed by atoms with E-state index in [1.165, 1.54) is 43.6 Å². The van der Waals surface area contributed by atoms with Crippen molar-refractivity contribution in [1.29, 1.82) is 0 Å². The summed E-state index contributed by atoms with van der Waals surface area (Å²) in [5, 5.41) is 7.09. The molecule has 0 bridgehead atoms. The molecule has 0 aromatic rings. The fourth-order valence-corrected chi connectivity index (χ4v) is 5.38. The lowest BCUT2D eigenvalue weighted by molar-refractivity contribution is -0.0104.